The zero-order valence-electron chi connectivity index (χ0n) is 8.29. The van der Waals surface area contributed by atoms with Gasteiger partial charge < -0.3 is 16.0 Å². The van der Waals surface area contributed by atoms with E-state index in [1.165, 1.54) is 11.8 Å². The molecule has 0 aliphatic rings. The molecule has 1 atom stereocenters. The Bertz CT molecular complexity index is 357. The molecular formula is C9H13N3O2S. The molecule has 0 amide bonds. The average Bonchev–Trinajstić information content (AvgIpc) is 2.28. The molecule has 1 aromatic rings. The van der Waals surface area contributed by atoms with Gasteiger partial charge in [0.25, 0.3) is 0 Å². The molecule has 0 radical (unpaired) electrons. The van der Waals surface area contributed by atoms with E-state index in [0.29, 0.717) is 5.56 Å². The predicted octanol–water partition coefficient (Wildman–Crippen LogP) is 0.649. The van der Waals surface area contributed by atoms with E-state index in [4.69, 9.17) is 16.0 Å². The van der Waals surface area contributed by atoms with E-state index < -0.39 is 0 Å². The summed E-state index contributed by atoms with van der Waals surface area (Å²) in [6, 6.07) is 1.67. The molecule has 1 unspecified atom stereocenters. The molecule has 0 bridgehead atoms. The highest BCUT2D eigenvalue weighted by molar-refractivity contribution is 8.00. The van der Waals surface area contributed by atoms with Crippen molar-refractivity contribution < 1.29 is 10.3 Å². The number of pyridine rings is 1. The number of hydrogen-bond acceptors (Lipinski definition) is 5. The number of nitrogens with two attached hydrogens (primary N) is 1. The summed E-state index contributed by atoms with van der Waals surface area (Å²) >= 11 is 1.43. The van der Waals surface area contributed by atoms with Crippen LogP contribution in [-0.4, -0.2) is 33.0 Å². The molecule has 4 N–H and O–H groups in total. The molecule has 0 aliphatic carbocycles. The van der Waals surface area contributed by atoms with Crippen molar-refractivity contribution in [1.29, 1.82) is 0 Å². The number of aliphatic hydroxyl groups is 1. The Morgan fingerprint density at radius 2 is 2.47 bits per heavy atom. The molecule has 5 nitrogen and oxygen atoms in total. The molecule has 0 saturated carbocycles. The summed E-state index contributed by atoms with van der Waals surface area (Å²) in [5.41, 5.74) is 6.13. The zero-order valence-corrected chi connectivity index (χ0v) is 9.11. The Kier molecular flexibility index (Phi) is 4.38. The lowest BCUT2D eigenvalue weighted by molar-refractivity contribution is 0.300. The monoisotopic (exact) mass is 227 g/mol. The van der Waals surface area contributed by atoms with Crippen molar-refractivity contribution in [2.24, 2.45) is 10.9 Å². The predicted molar refractivity (Wildman–Crippen MR) is 59.2 cm³/mol. The molecule has 1 heterocycles. The molecule has 1 rings (SSSR count). The Morgan fingerprint density at radius 1 is 1.73 bits per heavy atom. The van der Waals surface area contributed by atoms with Gasteiger partial charge >= 0.3 is 0 Å². The summed E-state index contributed by atoms with van der Waals surface area (Å²) in [6.45, 7) is 1.95. The number of amidine groups is 1. The second-order valence-corrected chi connectivity index (χ2v) is 4.45. The Labute approximate surface area is 92.0 Å². The third kappa shape index (κ3) is 3.10. The Balaban J connectivity index is 2.96. The van der Waals surface area contributed by atoms with Crippen LogP contribution in [-0.2, 0) is 0 Å². The van der Waals surface area contributed by atoms with E-state index in [1.54, 1.807) is 18.5 Å². The minimum Gasteiger partial charge on any atom is -0.409 e. The number of rotatable bonds is 4. The van der Waals surface area contributed by atoms with E-state index >= 15 is 0 Å². The van der Waals surface area contributed by atoms with Gasteiger partial charge in [-0.05, 0) is 6.07 Å². The quantitative estimate of drug-likeness (QED) is 0.231. The van der Waals surface area contributed by atoms with Gasteiger partial charge in [0.2, 0.25) is 0 Å². The second kappa shape index (κ2) is 5.57. The summed E-state index contributed by atoms with van der Waals surface area (Å²) in [6.07, 6.45) is 3.20. The molecule has 15 heavy (non-hydrogen) atoms. The topological polar surface area (TPSA) is 91.7 Å². The van der Waals surface area contributed by atoms with Crippen molar-refractivity contribution in [2.45, 2.75) is 17.1 Å². The highest BCUT2D eigenvalue weighted by Gasteiger charge is 2.10. The minimum atomic E-state index is 0.0412. The molecule has 0 saturated heterocycles. The van der Waals surface area contributed by atoms with Crippen molar-refractivity contribution in [3.63, 3.8) is 0 Å². The first-order valence-corrected chi connectivity index (χ1v) is 5.26. The Hall–Kier alpha value is -1.27. The van der Waals surface area contributed by atoms with Crippen LogP contribution in [0.15, 0.2) is 28.5 Å². The molecule has 6 heteroatoms. The van der Waals surface area contributed by atoms with Gasteiger partial charge in [0.05, 0.1) is 6.61 Å². The fraction of sp³-hybridized carbons (Fsp3) is 0.333. The first-order chi connectivity index (χ1) is 7.19. The maximum atomic E-state index is 8.93. The van der Waals surface area contributed by atoms with Crippen LogP contribution in [0.25, 0.3) is 0 Å². The maximum Gasteiger partial charge on any atom is 0.171 e. The van der Waals surface area contributed by atoms with Crippen molar-refractivity contribution in [1.82, 2.24) is 4.98 Å². The fourth-order valence-corrected chi connectivity index (χ4v) is 1.92. The van der Waals surface area contributed by atoms with E-state index in [9.17, 15) is 0 Å². The molecule has 1 aromatic heterocycles. The summed E-state index contributed by atoms with van der Waals surface area (Å²) in [5.74, 6) is 0.0463. The second-order valence-electron chi connectivity index (χ2n) is 2.97. The molecular weight excluding hydrogens is 214 g/mol. The minimum absolute atomic E-state index is 0.0412. The first-order valence-electron chi connectivity index (χ1n) is 4.38. The maximum absolute atomic E-state index is 8.93. The van der Waals surface area contributed by atoms with Crippen LogP contribution in [0, 0.1) is 0 Å². The standard InChI is InChI=1S/C9H13N3O2S/c1-6(5-13)15-8-4-11-3-2-7(8)9(10)12-14/h2-4,6,13-14H,5H2,1H3,(H2,10,12). The zero-order chi connectivity index (χ0) is 11.3. The van der Waals surface area contributed by atoms with Crippen LogP contribution in [0.3, 0.4) is 0 Å². The van der Waals surface area contributed by atoms with Crippen molar-refractivity contribution in [3.05, 3.63) is 24.0 Å². The number of aliphatic hydroxyl groups excluding tert-OH is 1. The van der Waals surface area contributed by atoms with Gasteiger partial charge in [-0.15, -0.1) is 11.8 Å². The van der Waals surface area contributed by atoms with Gasteiger partial charge in [0.1, 0.15) is 0 Å². The van der Waals surface area contributed by atoms with Crippen molar-refractivity contribution >= 4 is 17.6 Å². The van der Waals surface area contributed by atoms with Crippen LogP contribution in [0.1, 0.15) is 12.5 Å². The van der Waals surface area contributed by atoms with Crippen LogP contribution < -0.4 is 5.73 Å². The Morgan fingerprint density at radius 3 is 3.07 bits per heavy atom. The van der Waals surface area contributed by atoms with E-state index in [-0.39, 0.29) is 17.7 Å². The normalized spacial score (nSPS) is 13.9. The summed E-state index contributed by atoms with van der Waals surface area (Å²) in [7, 11) is 0. The number of oxime groups is 1. The van der Waals surface area contributed by atoms with Gasteiger partial charge in [-0.1, -0.05) is 12.1 Å². The number of thioether (sulfide) groups is 1. The third-order valence-electron chi connectivity index (χ3n) is 1.75. The van der Waals surface area contributed by atoms with Gasteiger partial charge in [0, 0.05) is 28.1 Å². The molecule has 0 aliphatic heterocycles. The van der Waals surface area contributed by atoms with E-state index in [0.717, 1.165) is 4.90 Å². The van der Waals surface area contributed by atoms with E-state index in [1.807, 2.05) is 6.92 Å². The molecule has 0 fully saturated rings. The van der Waals surface area contributed by atoms with Crippen LogP contribution >= 0.6 is 11.8 Å². The number of nitrogens with zero attached hydrogens (tertiary/aromatic N) is 2. The molecule has 0 spiro atoms. The lowest BCUT2D eigenvalue weighted by Gasteiger charge is -2.10. The van der Waals surface area contributed by atoms with Gasteiger partial charge in [-0.2, -0.15) is 0 Å². The molecule has 82 valence electrons. The average molecular weight is 227 g/mol. The van der Waals surface area contributed by atoms with E-state index in [2.05, 4.69) is 10.1 Å². The van der Waals surface area contributed by atoms with Gasteiger partial charge in [-0.25, -0.2) is 0 Å². The summed E-state index contributed by atoms with van der Waals surface area (Å²) < 4.78 is 0. The summed E-state index contributed by atoms with van der Waals surface area (Å²) in [5, 5.41) is 20.5. The van der Waals surface area contributed by atoms with Crippen molar-refractivity contribution in [2.75, 3.05) is 6.61 Å². The largest absolute Gasteiger partial charge is 0.409 e. The van der Waals surface area contributed by atoms with Gasteiger partial charge in [-0.3, -0.25) is 4.98 Å². The van der Waals surface area contributed by atoms with Gasteiger partial charge in [0.15, 0.2) is 5.84 Å². The highest BCUT2D eigenvalue weighted by Crippen LogP contribution is 2.25. The summed E-state index contributed by atoms with van der Waals surface area (Å²) in [4.78, 5) is 4.74. The third-order valence-corrected chi connectivity index (χ3v) is 2.88. The molecule has 0 aromatic carbocycles. The van der Waals surface area contributed by atoms with Crippen molar-refractivity contribution in [3.8, 4) is 0 Å². The fourth-order valence-electron chi connectivity index (χ4n) is 0.993. The van der Waals surface area contributed by atoms with Crippen LogP contribution in [0.4, 0.5) is 0 Å². The lowest BCUT2D eigenvalue weighted by atomic mass is 10.2. The highest BCUT2D eigenvalue weighted by atomic mass is 32.2. The number of aromatic nitrogens is 1. The lowest BCUT2D eigenvalue weighted by Crippen LogP contribution is -2.15. The smallest absolute Gasteiger partial charge is 0.171 e. The van der Waals surface area contributed by atoms with Crippen LogP contribution in [0.2, 0.25) is 0 Å². The SMILES string of the molecule is CC(CO)Sc1cnccc1/C(N)=N/O. The first kappa shape index (κ1) is 11.8. The number of hydrogen-bond donors (Lipinski definition) is 3. The van der Waals surface area contributed by atoms with Crippen LogP contribution in [0.5, 0.6) is 0 Å².